The van der Waals surface area contributed by atoms with E-state index in [4.69, 9.17) is 4.74 Å². The van der Waals surface area contributed by atoms with Crippen LogP contribution in [0.4, 0.5) is 4.79 Å². The fraction of sp³-hybridized carbons (Fsp3) is 0.375. The van der Waals surface area contributed by atoms with Crippen LogP contribution in [0.5, 0.6) is 0 Å². The molecular formula is C24H28N4O3. The highest BCUT2D eigenvalue weighted by molar-refractivity contribution is 5.87. The van der Waals surface area contributed by atoms with E-state index < -0.39 is 17.7 Å². The summed E-state index contributed by atoms with van der Waals surface area (Å²) in [5.74, 6) is 0.447. The Balaban J connectivity index is 1.56. The third-order valence-corrected chi connectivity index (χ3v) is 5.36. The molecule has 2 N–H and O–H groups in total. The lowest BCUT2D eigenvalue weighted by atomic mass is 9.93. The molecule has 2 heterocycles. The number of nitrogens with one attached hydrogen (secondary N) is 2. The molecule has 3 aromatic rings. The number of ether oxygens (including phenoxy) is 1. The summed E-state index contributed by atoms with van der Waals surface area (Å²) in [7, 11) is 0. The molecule has 0 unspecified atom stereocenters. The number of hydrogen-bond donors (Lipinski definition) is 2. The molecule has 0 bridgehead atoms. The Labute approximate surface area is 181 Å². The standard InChI is InChI=1S/C24H28N4O3/c1-15(21-26-18-11-7-8-12-19(18)27-21)25-22(29)20-13-16-9-5-6-10-17(16)14-28(20)23(30)31-24(2,3)4/h5-12,15,20H,13-14H2,1-4H3,(H,25,29)(H,26,27)/t15-,20-/m0/s1. The fourth-order valence-corrected chi connectivity index (χ4v) is 3.83. The summed E-state index contributed by atoms with van der Waals surface area (Å²) in [6.07, 6.45) is -0.0489. The molecule has 2 atom stereocenters. The van der Waals surface area contributed by atoms with Gasteiger partial charge in [-0.05, 0) is 51.0 Å². The van der Waals surface area contributed by atoms with Crippen molar-refractivity contribution >= 4 is 23.0 Å². The number of para-hydroxylation sites is 2. The van der Waals surface area contributed by atoms with E-state index in [-0.39, 0.29) is 11.9 Å². The van der Waals surface area contributed by atoms with Gasteiger partial charge in [0.15, 0.2) is 0 Å². The molecule has 0 spiro atoms. The number of amides is 2. The van der Waals surface area contributed by atoms with Crippen molar-refractivity contribution in [1.29, 1.82) is 0 Å². The number of benzene rings is 2. The molecule has 0 saturated heterocycles. The Morgan fingerprint density at radius 1 is 1.13 bits per heavy atom. The number of hydrogen-bond acceptors (Lipinski definition) is 4. The molecule has 2 amide bonds. The van der Waals surface area contributed by atoms with Crippen LogP contribution in [0.15, 0.2) is 48.5 Å². The number of imidazole rings is 1. The van der Waals surface area contributed by atoms with E-state index >= 15 is 0 Å². The van der Waals surface area contributed by atoms with Gasteiger partial charge in [-0.3, -0.25) is 9.69 Å². The molecular weight excluding hydrogens is 392 g/mol. The maximum Gasteiger partial charge on any atom is 0.411 e. The zero-order valence-electron chi connectivity index (χ0n) is 18.3. The number of nitrogens with zero attached hydrogens (tertiary/aromatic N) is 2. The summed E-state index contributed by atoms with van der Waals surface area (Å²) in [5, 5.41) is 3.02. The van der Waals surface area contributed by atoms with Gasteiger partial charge in [-0.15, -0.1) is 0 Å². The Morgan fingerprint density at radius 3 is 2.52 bits per heavy atom. The largest absolute Gasteiger partial charge is 0.444 e. The van der Waals surface area contributed by atoms with Crippen LogP contribution < -0.4 is 5.32 Å². The molecule has 1 aromatic heterocycles. The fourth-order valence-electron chi connectivity index (χ4n) is 3.83. The highest BCUT2D eigenvalue weighted by Gasteiger charge is 2.37. The number of carbonyl (C=O) groups excluding carboxylic acids is 2. The van der Waals surface area contributed by atoms with Crippen LogP contribution in [0.2, 0.25) is 0 Å². The SMILES string of the molecule is C[C@H](NC(=O)[C@@H]1Cc2ccccc2CN1C(=O)OC(C)(C)C)c1nc2ccccc2[nH]1. The van der Waals surface area contributed by atoms with E-state index in [0.717, 1.165) is 22.2 Å². The molecule has 0 saturated carbocycles. The van der Waals surface area contributed by atoms with Gasteiger partial charge in [0.25, 0.3) is 0 Å². The van der Waals surface area contributed by atoms with Crippen LogP contribution in [-0.4, -0.2) is 38.5 Å². The quantitative estimate of drug-likeness (QED) is 0.668. The molecule has 31 heavy (non-hydrogen) atoms. The zero-order chi connectivity index (χ0) is 22.2. The zero-order valence-corrected chi connectivity index (χ0v) is 18.3. The Bertz CT molecular complexity index is 1080. The smallest absolute Gasteiger partial charge is 0.411 e. The number of aromatic nitrogens is 2. The van der Waals surface area contributed by atoms with E-state index in [2.05, 4.69) is 15.3 Å². The maximum atomic E-state index is 13.3. The average Bonchev–Trinajstić information content (AvgIpc) is 3.16. The number of carbonyl (C=O) groups is 2. The summed E-state index contributed by atoms with van der Waals surface area (Å²) >= 11 is 0. The number of rotatable bonds is 3. The summed E-state index contributed by atoms with van der Waals surface area (Å²) in [6.45, 7) is 7.68. The molecule has 0 aliphatic carbocycles. The van der Waals surface area contributed by atoms with E-state index in [1.807, 2.05) is 76.2 Å². The van der Waals surface area contributed by atoms with Crippen LogP contribution in [0.25, 0.3) is 11.0 Å². The molecule has 2 aromatic carbocycles. The first-order valence-corrected chi connectivity index (χ1v) is 10.5. The summed E-state index contributed by atoms with van der Waals surface area (Å²) in [5.41, 5.74) is 3.22. The number of aromatic amines is 1. The van der Waals surface area contributed by atoms with Gasteiger partial charge in [0.1, 0.15) is 17.5 Å². The molecule has 0 fully saturated rings. The van der Waals surface area contributed by atoms with Gasteiger partial charge < -0.3 is 15.0 Å². The minimum absolute atomic E-state index is 0.228. The van der Waals surface area contributed by atoms with Crippen LogP contribution in [0.3, 0.4) is 0 Å². The first kappa shape index (κ1) is 20.9. The lowest BCUT2D eigenvalue weighted by molar-refractivity contribution is -0.127. The minimum atomic E-state index is -0.656. The van der Waals surface area contributed by atoms with Crippen molar-refractivity contribution in [2.75, 3.05) is 0 Å². The second kappa shape index (κ2) is 8.06. The third kappa shape index (κ3) is 4.55. The van der Waals surface area contributed by atoms with E-state index in [0.29, 0.717) is 18.8 Å². The van der Waals surface area contributed by atoms with E-state index in [1.54, 1.807) is 0 Å². The summed E-state index contributed by atoms with van der Waals surface area (Å²) in [6, 6.07) is 14.6. The summed E-state index contributed by atoms with van der Waals surface area (Å²) < 4.78 is 5.59. The lowest BCUT2D eigenvalue weighted by Crippen LogP contribution is -2.54. The predicted molar refractivity (Wildman–Crippen MR) is 118 cm³/mol. The second-order valence-electron chi connectivity index (χ2n) is 8.97. The Morgan fingerprint density at radius 2 is 1.81 bits per heavy atom. The molecule has 0 radical (unpaired) electrons. The molecule has 4 rings (SSSR count). The van der Waals surface area contributed by atoms with Crippen LogP contribution in [0, 0.1) is 0 Å². The number of fused-ring (bicyclic) bond motifs is 2. The molecule has 1 aliphatic heterocycles. The average molecular weight is 421 g/mol. The molecule has 7 heteroatoms. The Kier molecular flexibility index (Phi) is 5.43. The second-order valence-corrected chi connectivity index (χ2v) is 8.97. The van der Waals surface area contributed by atoms with Gasteiger partial charge in [-0.25, -0.2) is 9.78 Å². The summed E-state index contributed by atoms with van der Waals surface area (Å²) in [4.78, 5) is 35.6. The maximum absolute atomic E-state index is 13.3. The van der Waals surface area contributed by atoms with Crippen molar-refractivity contribution in [3.05, 3.63) is 65.5 Å². The van der Waals surface area contributed by atoms with Crippen molar-refractivity contribution in [3.63, 3.8) is 0 Å². The monoisotopic (exact) mass is 420 g/mol. The van der Waals surface area contributed by atoms with E-state index in [9.17, 15) is 9.59 Å². The Hall–Kier alpha value is -3.35. The first-order valence-electron chi connectivity index (χ1n) is 10.5. The molecule has 162 valence electrons. The first-order chi connectivity index (χ1) is 14.7. The third-order valence-electron chi connectivity index (χ3n) is 5.36. The van der Waals surface area contributed by atoms with Crippen molar-refractivity contribution < 1.29 is 14.3 Å². The lowest BCUT2D eigenvalue weighted by Gasteiger charge is -2.37. The van der Waals surface area contributed by atoms with Crippen molar-refractivity contribution in [1.82, 2.24) is 20.2 Å². The topological polar surface area (TPSA) is 87.3 Å². The van der Waals surface area contributed by atoms with Crippen molar-refractivity contribution in [3.8, 4) is 0 Å². The van der Waals surface area contributed by atoms with Gasteiger partial charge in [-0.1, -0.05) is 36.4 Å². The highest BCUT2D eigenvalue weighted by Crippen LogP contribution is 2.26. The molecule has 7 nitrogen and oxygen atoms in total. The van der Waals surface area contributed by atoms with E-state index in [1.165, 1.54) is 4.90 Å². The van der Waals surface area contributed by atoms with Gasteiger partial charge >= 0.3 is 6.09 Å². The van der Waals surface area contributed by atoms with Gasteiger partial charge in [0.2, 0.25) is 5.91 Å². The predicted octanol–water partition coefficient (Wildman–Crippen LogP) is 4.10. The highest BCUT2D eigenvalue weighted by atomic mass is 16.6. The molecule has 1 aliphatic rings. The van der Waals surface area contributed by atoms with Crippen LogP contribution in [-0.2, 0) is 22.5 Å². The number of H-pyrrole nitrogens is 1. The van der Waals surface area contributed by atoms with Crippen molar-refractivity contribution in [2.45, 2.75) is 58.3 Å². The van der Waals surface area contributed by atoms with Gasteiger partial charge in [-0.2, -0.15) is 0 Å². The van der Waals surface area contributed by atoms with Crippen molar-refractivity contribution in [2.24, 2.45) is 0 Å². The normalized spacial score (nSPS) is 17.2. The van der Waals surface area contributed by atoms with Gasteiger partial charge in [0, 0.05) is 6.42 Å². The van der Waals surface area contributed by atoms with Crippen LogP contribution in [0.1, 0.15) is 50.7 Å². The van der Waals surface area contributed by atoms with Gasteiger partial charge in [0.05, 0.1) is 23.6 Å². The minimum Gasteiger partial charge on any atom is -0.444 e. The van der Waals surface area contributed by atoms with Crippen LogP contribution >= 0.6 is 0 Å².